The average molecular weight is 215 g/mol. The molecule has 6 nitrogen and oxygen atoms in total. The largest absolute Gasteiger partial charge is 0.269 e. The Labute approximate surface area is 90.8 Å². The molecule has 0 amide bonds. The monoisotopic (exact) mass is 215 g/mol. The topological polar surface area (TPSA) is 83.1 Å². The van der Waals surface area contributed by atoms with E-state index in [1.807, 2.05) is 13.0 Å². The van der Waals surface area contributed by atoms with Crippen LogP contribution in [0.15, 0.2) is 34.3 Å². The third kappa shape index (κ3) is 1.87. The van der Waals surface area contributed by atoms with Crippen LogP contribution < -0.4 is 5.56 Å². The van der Waals surface area contributed by atoms with E-state index in [2.05, 4.69) is 15.0 Å². The summed E-state index contributed by atoms with van der Waals surface area (Å²) >= 11 is 0. The number of nitrogens with zero attached hydrogens (tertiary/aromatic N) is 5. The van der Waals surface area contributed by atoms with Crippen LogP contribution in [0, 0.1) is 6.92 Å². The molecule has 0 saturated heterocycles. The van der Waals surface area contributed by atoms with E-state index in [1.54, 1.807) is 12.3 Å². The maximum absolute atomic E-state index is 11.7. The van der Waals surface area contributed by atoms with E-state index >= 15 is 0 Å². The Morgan fingerprint density at radius 1 is 1.56 bits per heavy atom. The molecule has 0 unspecified atom stereocenters. The lowest BCUT2D eigenvalue weighted by molar-refractivity contribution is 0.933. The molecule has 0 saturated carbocycles. The van der Waals surface area contributed by atoms with Crippen LogP contribution >= 0.6 is 0 Å². The molecule has 2 aromatic heterocycles. The van der Waals surface area contributed by atoms with Crippen LogP contribution in [0.25, 0.3) is 16.1 Å². The summed E-state index contributed by atoms with van der Waals surface area (Å²) in [6.07, 6.45) is 1.68. The first kappa shape index (κ1) is 10.2. The number of pyridine rings is 1. The predicted octanol–water partition coefficient (Wildman–Crippen LogP) is 1.81. The number of hydrogen-bond acceptors (Lipinski definition) is 3. The maximum Gasteiger partial charge on any atom is 0.258 e. The summed E-state index contributed by atoms with van der Waals surface area (Å²) in [5.74, 6) is 0. The van der Waals surface area contributed by atoms with Crippen molar-refractivity contribution in [2.24, 2.45) is 5.11 Å². The zero-order valence-electron chi connectivity index (χ0n) is 8.66. The fourth-order valence-electron chi connectivity index (χ4n) is 1.44. The number of aryl methyl sites for hydroxylation is 1. The van der Waals surface area contributed by atoms with Crippen LogP contribution in [0.3, 0.4) is 0 Å². The van der Waals surface area contributed by atoms with Crippen LogP contribution in [0.1, 0.15) is 11.3 Å². The van der Waals surface area contributed by atoms with Gasteiger partial charge < -0.3 is 0 Å². The summed E-state index contributed by atoms with van der Waals surface area (Å²) in [5.41, 5.74) is 10.1. The van der Waals surface area contributed by atoms with Crippen molar-refractivity contribution in [2.45, 2.75) is 13.5 Å². The molecule has 0 bridgehead atoms. The van der Waals surface area contributed by atoms with E-state index in [0.29, 0.717) is 11.3 Å². The lowest BCUT2D eigenvalue weighted by atomic mass is 10.3. The molecule has 16 heavy (non-hydrogen) atoms. The molecule has 2 heterocycles. The van der Waals surface area contributed by atoms with E-state index in [-0.39, 0.29) is 12.1 Å². The highest BCUT2D eigenvalue weighted by Gasteiger charge is 2.01. The quantitative estimate of drug-likeness (QED) is 0.434. The highest BCUT2D eigenvalue weighted by Crippen LogP contribution is 2.03. The summed E-state index contributed by atoms with van der Waals surface area (Å²) < 4.78 is 1.45. The third-order valence-electron chi connectivity index (χ3n) is 2.17. The van der Waals surface area contributed by atoms with Crippen LogP contribution in [-0.4, -0.2) is 9.38 Å². The standard InChI is InChI=1S/C10H9N5O/c1-7-2-3-15-9(4-7)13-8(5-10(15)16)6-12-14-11/h2-5H,6H2,1H3. The molecular formula is C10H9N5O. The minimum atomic E-state index is -0.173. The van der Waals surface area contributed by atoms with Gasteiger partial charge in [-0.25, -0.2) is 4.98 Å². The predicted molar refractivity (Wildman–Crippen MR) is 59.0 cm³/mol. The van der Waals surface area contributed by atoms with Crippen molar-refractivity contribution >= 4 is 5.65 Å². The van der Waals surface area contributed by atoms with Crippen LogP contribution in [0.4, 0.5) is 0 Å². The molecule has 0 aliphatic carbocycles. The molecule has 0 atom stereocenters. The summed E-state index contributed by atoms with van der Waals surface area (Å²) in [7, 11) is 0. The third-order valence-corrected chi connectivity index (χ3v) is 2.17. The first-order chi connectivity index (χ1) is 7.70. The van der Waals surface area contributed by atoms with Crippen molar-refractivity contribution < 1.29 is 0 Å². The Kier molecular flexibility index (Phi) is 2.57. The number of azide groups is 1. The second-order valence-electron chi connectivity index (χ2n) is 3.41. The molecule has 0 aromatic carbocycles. The van der Waals surface area contributed by atoms with Gasteiger partial charge in [-0.2, -0.15) is 0 Å². The van der Waals surface area contributed by atoms with Gasteiger partial charge >= 0.3 is 0 Å². The minimum absolute atomic E-state index is 0.0934. The Bertz CT molecular complexity index is 639. The van der Waals surface area contributed by atoms with Crippen molar-refractivity contribution in [3.8, 4) is 0 Å². The van der Waals surface area contributed by atoms with Gasteiger partial charge in [-0.1, -0.05) is 5.11 Å². The highest BCUT2D eigenvalue weighted by molar-refractivity contribution is 5.41. The van der Waals surface area contributed by atoms with Crippen molar-refractivity contribution in [3.63, 3.8) is 0 Å². The van der Waals surface area contributed by atoms with Crippen molar-refractivity contribution in [3.05, 3.63) is 56.4 Å². The van der Waals surface area contributed by atoms with Gasteiger partial charge in [-0.05, 0) is 30.2 Å². The molecule has 0 aliphatic rings. The molecule has 80 valence electrons. The van der Waals surface area contributed by atoms with E-state index in [4.69, 9.17) is 5.53 Å². The van der Waals surface area contributed by atoms with E-state index in [0.717, 1.165) is 5.56 Å². The van der Waals surface area contributed by atoms with Gasteiger partial charge in [0.25, 0.3) is 5.56 Å². The summed E-state index contributed by atoms with van der Waals surface area (Å²) in [4.78, 5) is 18.5. The second kappa shape index (κ2) is 4.04. The first-order valence-electron chi connectivity index (χ1n) is 4.70. The van der Waals surface area contributed by atoms with E-state index in [1.165, 1.54) is 10.5 Å². The van der Waals surface area contributed by atoms with Crippen LogP contribution in [-0.2, 0) is 6.54 Å². The smallest absolute Gasteiger partial charge is 0.258 e. The fraction of sp³-hybridized carbons (Fsp3) is 0.200. The molecule has 0 spiro atoms. The summed E-state index contributed by atoms with van der Waals surface area (Å²) in [6.45, 7) is 2.02. The van der Waals surface area contributed by atoms with Gasteiger partial charge in [0, 0.05) is 17.2 Å². The number of fused-ring (bicyclic) bond motifs is 1. The van der Waals surface area contributed by atoms with Gasteiger partial charge in [0.15, 0.2) is 0 Å². The molecular weight excluding hydrogens is 206 g/mol. The van der Waals surface area contributed by atoms with Gasteiger partial charge in [0.05, 0.1) is 12.2 Å². The van der Waals surface area contributed by atoms with Crippen LogP contribution in [0.2, 0.25) is 0 Å². The summed E-state index contributed by atoms with van der Waals surface area (Å²) in [6, 6.07) is 5.02. The highest BCUT2D eigenvalue weighted by atomic mass is 16.1. The number of hydrogen-bond donors (Lipinski definition) is 0. The minimum Gasteiger partial charge on any atom is -0.269 e. The molecule has 0 aliphatic heterocycles. The molecule has 0 radical (unpaired) electrons. The molecule has 6 heteroatoms. The van der Waals surface area contributed by atoms with Gasteiger partial charge in [-0.15, -0.1) is 0 Å². The second-order valence-corrected chi connectivity index (χ2v) is 3.41. The molecule has 2 aromatic rings. The van der Waals surface area contributed by atoms with Gasteiger partial charge in [0.1, 0.15) is 5.65 Å². The Morgan fingerprint density at radius 3 is 3.12 bits per heavy atom. The Hall–Kier alpha value is -2.33. The Morgan fingerprint density at radius 2 is 2.38 bits per heavy atom. The summed E-state index contributed by atoms with van der Waals surface area (Å²) in [5, 5.41) is 3.38. The number of rotatable bonds is 2. The zero-order chi connectivity index (χ0) is 11.5. The maximum atomic E-state index is 11.7. The number of aromatic nitrogens is 2. The van der Waals surface area contributed by atoms with Crippen molar-refractivity contribution in [2.75, 3.05) is 0 Å². The van der Waals surface area contributed by atoms with Crippen LogP contribution in [0.5, 0.6) is 0 Å². The Balaban J connectivity index is 2.64. The normalized spacial score (nSPS) is 10.1. The lowest BCUT2D eigenvalue weighted by Crippen LogP contribution is -2.15. The van der Waals surface area contributed by atoms with Gasteiger partial charge in [0.2, 0.25) is 0 Å². The van der Waals surface area contributed by atoms with E-state index in [9.17, 15) is 4.79 Å². The van der Waals surface area contributed by atoms with E-state index < -0.39 is 0 Å². The van der Waals surface area contributed by atoms with Gasteiger partial charge in [-0.3, -0.25) is 9.20 Å². The molecule has 0 fully saturated rings. The van der Waals surface area contributed by atoms with Crippen molar-refractivity contribution in [1.82, 2.24) is 9.38 Å². The zero-order valence-corrected chi connectivity index (χ0v) is 8.66. The average Bonchev–Trinajstić information content (AvgIpc) is 2.25. The molecule has 0 N–H and O–H groups in total. The first-order valence-corrected chi connectivity index (χ1v) is 4.70. The fourth-order valence-corrected chi connectivity index (χ4v) is 1.44. The molecule has 2 rings (SSSR count). The van der Waals surface area contributed by atoms with Crippen molar-refractivity contribution in [1.29, 1.82) is 0 Å². The SMILES string of the molecule is Cc1ccn2c(=O)cc(CN=[N+]=[N-])nc2c1. The lowest BCUT2D eigenvalue weighted by Gasteiger charge is -2.02.